The monoisotopic (exact) mass is 288 g/mol. The average Bonchev–Trinajstić information content (AvgIpc) is 2.52. The lowest BCUT2D eigenvalue weighted by Crippen LogP contribution is -2.45. The van der Waals surface area contributed by atoms with Gasteiger partial charge in [0.2, 0.25) is 5.79 Å². The van der Waals surface area contributed by atoms with E-state index >= 15 is 0 Å². The highest BCUT2D eigenvalue weighted by Gasteiger charge is 2.42. The van der Waals surface area contributed by atoms with Crippen LogP contribution in [0.4, 0.5) is 0 Å². The van der Waals surface area contributed by atoms with Crippen LogP contribution in [0.15, 0.2) is 29.8 Å². The first-order valence-corrected chi connectivity index (χ1v) is 7.91. The molecule has 3 heteroatoms. The summed E-state index contributed by atoms with van der Waals surface area (Å²) in [4.78, 5) is 11.5. The number of fused-ring (bicyclic) bond motifs is 1. The van der Waals surface area contributed by atoms with Crippen molar-refractivity contribution in [3.8, 4) is 5.75 Å². The summed E-state index contributed by atoms with van der Waals surface area (Å²) in [6.07, 6.45) is 5.28. The molecule has 0 aromatic heterocycles. The molecule has 1 aromatic carbocycles. The van der Waals surface area contributed by atoms with Crippen molar-refractivity contribution in [2.24, 2.45) is 0 Å². The van der Waals surface area contributed by atoms with Gasteiger partial charge in [-0.1, -0.05) is 44.9 Å². The van der Waals surface area contributed by atoms with Crippen LogP contribution in [0.5, 0.6) is 5.75 Å². The zero-order valence-electron chi connectivity index (χ0n) is 13.0. The predicted molar refractivity (Wildman–Crippen MR) is 83.1 cm³/mol. The van der Waals surface area contributed by atoms with E-state index in [1.54, 1.807) is 0 Å². The fourth-order valence-corrected chi connectivity index (χ4v) is 2.61. The highest BCUT2D eigenvalue weighted by Crippen LogP contribution is 2.39. The molecule has 114 valence electrons. The first-order chi connectivity index (χ1) is 10.3. The second kappa shape index (κ2) is 7.44. The quantitative estimate of drug-likeness (QED) is 0.560. The first-order valence-electron chi connectivity index (χ1n) is 7.91. The predicted octanol–water partition coefficient (Wildman–Crippen LogP) is 4.08. The van der Waals surface area contributed by atoms with Crippen molar-refractivity contribution in [2.45, 2.75) is 58.2 Å². The van der Waals surface area contributed by atoms with Gasteiger partial charge >= 0.3 is 0 Å². The molecule has 0 spiro atoms. The lowest BCUT2D eigenvalue weighted by Gasteiger charge is -2.38. The Hall–Kier alpha value is -1.57. The SMILES string of the molecule is CCCCOC1(CCCC)Oc2ccccc2CC1=C=O. The van der Waals surface area contributed by atoms with Crippen LogP contribution in [0, 0.1) is 0 Å². The summed E-state index contributed by atoms with van der Waals surface area (Å²) < 4.78 is 12.2. The summed E-state index contributed by atoms with van der Waals surface area (Å²) in [6, 6.07) is 7.84. The minimum atomic E-state index is -0.915. The van der Waals surface area contributed by atoms with Crippen molar-refractivity contribution >= 4 is 5.94 Å². The van der Waals surface area contributed by atoms with Crippen molar-refractivity contribution < 1.29 is 14.3 Å². The van der Waals surface area contributed by atoms with Crippen LogP contribution in [-0.4, -0.2) is 18.3 Å². The standard InChI is InChI=1S/C18H24O3/c1-3-5-11-18(20-12-6-4-2)16(14-19)13-15-9-7-8-10-17(15)21-18/h7-10H,3-6,11-13H2,1-2H3. The van der Waals surface area contributed by atoms with Gasteiger partial charge in [0.25, 0.3) is 0 Å². The molecule has 0 saturated heterocycles. The number of rotatable bonds is 7. The minimum Gasteiger partial charge on any atom is -0.457 e. The molecule has 0 bridgehead atoms. The maximum atomic E-state index is 11.5. The number of hydrogen-bond donors (Lipinski definition) is 0. The first kappa shape index (κ1) is 15.8. The van der Waals surface area contributed by atoms with E-state index in [0.29, 0.717) is 25.0 Å². The molecule has 1 aliphatic rings. The summed E-state index contributed by atoms with van der Waals surface area (Å²) in [7, 11) is 0. The zero-order valence-corrected chi connectivity index (χ0v) is 13.0. The second-order valence-corrected chi connectivity index (χ2v) is 5.53. The van der Waals surface area contributed by atoms with Gasteiger partial charge in [-0.3, -0.25) is 0 Å². The Morgan fingerprint density at radius 3 is 2.71 bits per heavy atom. The molecule has 1 unspecified atom stereocenters. The number of hydrogen-bond acceptors (Lipinski definition) is 3. The molecule has 1 atom stereocenters. The number of benzene rings is 1. The Morgan fingerprint density at radius 1 is 1.24 bits per heavy atom. The molecule has 2 rings (SSSR count). The molecule has 21 heavy (non-hydrogen) atoms. The topological polar surface area (TPSA) is 35.5 Å². The van der Waals surface area contributed by atoms with Gasteiger partial charge < -0.3 is 9.47 Å². The zero-order chi connectivity index (χ0) is 15.1. The maximum absolute atomic E-state index is 11.5. The molecule has 0 amide bonds. The molecule has 1 heterocycles. The highest BCUT2D eigenvalue weighted by atomic mass is 16.7. The van der Waals surface area contributed by atoms with Gasteiger partial charge in [-0.05, 0) is 24.5 Å². The van der Waals surface area contributed by atoms with Crippen molar-refractivity contribution in [3.63, 3.8) is 0 Å². The van der Waals surface area contributed by atoms with E-state index in [0.717, 1.165) is 37.0 Å². The van der Waals surface area contributed by atoms with E-state index in [1.165, 1.54) is 0 Å². The molecule has 0 radical (unpaired) electrons. The third kappa shape index (κ3) is 3.55. The van der Waals surface area contributed by atoms with Gasteiger partial charge in [0.05, 0.1) is 12.2 Å². The van der Waals surface area contributed by atoms with Crippen molar-refractivity contribution in [2.75, 3.05) is 6.61 Å². The lowest BCUT2D eigenvalue weighted by atomic mass is 9.91. The van der Waals surface area contributed by atoms with E-state index in [-0.39, 0.29) is 0 Å². The molecule has 3 nitrogen and oxygen atoms in total. The smallest absolute Gasteiger partial charge is 0.244 e. The van der Waals surface area contributed by atoms with Crippen molar-refractivity contribution in [1.29, 1.82) is 0 Å². The Kier molecular flexibility index (Phi) is 5.60. The second-order valence-electron chi connectivity index (χ2n) is 5.53. The summed E-state index contributed by atoms with van der Waals surface area (Å²) in [5.41, 5.74) is 1.62. The third-order valence-corrected chi connectivity index (χ3v) is 3.89. The molecule has 0 fully saturated rings. The normalized spacial score (nSPS) is 20.6. The number of ether oxygens (including phenoxy) is 2. The highest BCUT2D eigenvalue weighted by molar-refractivity contribution is 5.60. The molecule has 1 aromatic rings. The van der Waals surface area contributed by atoms with Crippen molar-refractivity contribution in [1.82, 2.24) is 0 Å². The number of carbonyl (C=O) groups excluding carboxylic acids is 1. The van der Waals surface area contributed by atoms with Gasteiger partial charge in [0, 0.05) is 12.8 Å². The molecule has 1 aliphatic heterocycles. The summed E-state index contributed by atoms with van der Waals surface area (Å²) in [5.74, 6) is 2.00. The molecular formula is C18H24O3. The largest absolute Gasteiger partial charge is 0.457 e. The van der Waals surface area contributed by atoms with Crippen LogP contribution in [0.1, 0.15) is 51.5 Å². The number of para-hydroxylation sites is 1. The van der Waals surface area contributed by atoms with E-state index in [2.05, 4.69) is 19.8 Å². The van der Waals surface area contributed by atoms with E-state index < -0.39 is 5.79 Å². The Labute approximate surface area is 127 Å². The van der Waals surface area contributed by atoms with Gasteiger partial charge in [-0.2, -0.15) is 0 Å². The van der Waals surface area contributed by atoms with E-state index in [4.69, 9.17) is 9.47 Å². The maximum Gasteiger partial charge on any atom is 0.244 e. The molecule has 0 aliphatic carbocycles. The summed E-state index contributed by atoms with van der Waals surface area (Å²) in [5, 5.41) is 0. The van der Waals surface area contributed by atoms with E-state index in [1.807, 2.05) is 24.3 Å². The minimum absolute atomic E-state index is 0.565. The Balaban J connectivity index is 2.30. The van der Waals surface area contributed by atoms with Crippen LogP contribution >= 0.6 is 0 Å². The van der Waals surface area contributed by atoms with Crippen LogP contribution < -0.4 is 4.74 Å². The van der Waals surface area contributed by atoms with Gasteiger partial charge in [0.15, 0.2) is 0 Å². The van der Waals surface area contributed by atoms with E-state index in [9.17, 15) is 4.79 Å². The van der Waals surface area contributed by atoms with Crippen LogP contribution in [-0.2, 0) is 16.0 Å². The van der Waals surface area contributed by atoms with Crippen molar-refractivity contribution in [3.05, 3.63) is 35.4 Å². The summed E-state index contributed by atoms with van der Waals surface area (Å²) in [6.45, 7) is 4.85. The van der Waals surface area contributed by atoms with Crippen LogP contribution in [0.25, 0.3) is 0 Å². The molecule has 0 saturated carbocycles. The van der Waals surface area contributed by atoms with Gasteiger partial charge in [0.1, 0.15) is 11.7 Å². The van der Waals surface area contributed by atoms with Crippen LogP contribution in [0.2, 0.25) is 0 Å². The van der Waals surface area contributed by atoms with Crippen LogP contribution in [0.3, 0.4) is 0 Å². The molecular weight excluding hydrogens is 264 g/mol. The number of unbranched alkanes of at least 4 members (excludes halogenated alkanes) is 2. The fourth-order valence-electron chi connectivity index (χ4n) is 2.61. The lowest BCUT2D eigenvalue weighted by molar-refractivity contribution is -0.166. The average molecular weight is 288 g/mol. The fraction of sp³-hybridized carbons (Fsp3) is 0.556. The third-order valence-electron chi connectivity index (χ3n) is 3.89. The summed E-state index contributed by atoms with van der Waals surface area (Å²) >= 11 is 0. The molecule has 0 N–H and O–H groups in total. The van der Waals surface area contributed by atoms with Gasteiger partial charge in [-0.25, -0.2) is 4.79 Å². The van der Waals surface area contributed by atoms with Gasteiger partial charge in [-0.15, -0.1) is 0 Å². The Morgan fingerprint density at radius 2 is 2.00 bits per heavy atom. The Bertz CT molecular complexity index is 517.